The monoisotopic (exact) mass is 546 g/mol. The molecule has 2 aliphatic heterocycles. The van der Waals surface area contributed by atoms with Gasteiger partial charge in [-0.2, -0.15) is 5.10 Å². The van der Waals surface area contributed by atoms with Crippen LogP contribution in [0.4, 0.5) is 28.0 Å². The van der Waals surface area contributed by atoms with Gasteiger partial charge >= 0.3 is 6.03 Å². The fourth-order valence-electron chi connectivity index (χ4n) is 4.27. The normalized spacial score (nSPS) is 18.1. The predicted octanol–water partition coefficient (Wildman–Crippen LogP) is 3.07. The van der Waals surface area contributed by atoms with Gasteiger partial charge in [-0.05, 0) is 28.1 Å². The van der Waals surface area contributed by atoms with Crippen molar-refractivity contribution in [2.45, 2.75) is 25.9 Å². The maximum absolute atomic E-state index is 14.3. The van der Waals surface area contributed by atoms with Gasteiger partial charge in [-0.25, -0.2) is 22.4 Å². The number of anilines is 1. The van der Waals surface area contributed by atoms with Gasteiger partial charge in [-0.15, -0.1) is 0 Å². The predicted molar refractivity (Wildman–Crippen MR) is 119 cm³/mol. The number of urea groups is 1. The summed E-state index contributed by atoms with van der Waals surface area (Å²) in [6.45, 7) is 1.01. The van der Waals surface area contributed by atoms with E-state index in [-0.39, 0.29) is 28.5 Å². The Morgan fingerprint density at radius 2 is 2.06 bits per heavy atom. The second kappa shape index (κ2) is 9.90. The Kier molecular flexibility index (Phi) is 7.12. The zero-order chi connectivity index (χ0) is 24.6. The number of alkyl halides is 2. The molecule has 1 atom stereocenters. The number of carbonyl (C=O) groups is 2. The smallest absolute Gasteiger partial charge is 0.322 e. The Bertz CT molecular complexity index is 1110. The fraction of sp³-hybridized carbons (Fsp3) is 0.476. The molecule has 1 aromatic carbocycles. The minimum atomic E-state index is -2.46. The van der Waals surface area contributed by atoms with Gasteiger partial charge in [-0.1, -0.05) is 0 Å². The Morgan fingerprint density at radius 1 is 1.29 bits per heavy atom. The SMILES string of the molecule is CN1C[C@H](CNCC(F)F)Cn2nc3c(c2C1=O)CN(C(=O)Nc1ccc(F)c(Br)c1F)CC3. The molecule has 8 nitrogen and oxygen atoms in total. The van der Waals surface area contributed by atoms with E-state index in [1.165, 1.54) is 9.80 Å². The van der Waals surface area contributed by atoms with Gasteiger partial charge in [0.2, 0.25) is 0 Å². The van der Waals surface area contributed by atoms with Gasteiger partial charge in [-0.3, -0.25) is 9.48 Å². The summed E-state index contributed by atoms with van der Waals surface area (Å²) < 4.78 is 53.9. The second-order valence-corrected chi connectivity index (χ2v) is 9.17. The third kappa shape index (κ3) is 4.90. The highest BCUT2D eigenvalue weighted by Crippen LogP contribution is 2.29. The highest BCUT2D eigenvalue weighted by atomic mass is 79.9. The first-order valence-electron chi connectivity index (χ1n) is 10.7. The van der Waals surface area contributed by atoms with E-state index in [0.717, 1.165) is 12.1 Å². The van der Waals surface area contributed by atoms with Crippen LogP contribution in [-0.4, -0.2) is 71.2 Å². The molecular formula is C21H23BrF4N6O2. The number of aromatic nitrogens is 2. The molecule has 13 heteroatoms. The molecule has 2 aromatic rings. The number of halogens is 5. The number of fused-ring (bicyclic) bond motifs is 3. The van der Waals surface area contributed by atoms with Crippen molar-refractivity contribution < 1.29 is 27.2 Å². The molecule has 2 N–H and O–H groups in total. The lowest BCUT2D eigenvalue weighted by atomic mass is 10.0. The quantitative estimate of drug-likeness (QED) is 0.446. The Balaban J connectivity index is 1.52. The summed E-state index contributed by atoms with van der Waals surface area (Å²) >= 11 is 2.81. The maximum atomic E-state index is 14.3. The zero-order valence-corrected chi connectivity index (χ0v) is 19.8. The Morgan fingerprint density at radius 3 is 2.79 bits per heavy atom. The van der Waals surface area contributed by atoms with Crippen molar-refractivity contribution in [3.63, 3.8) is 0 Å². The minimum Gasteiger partial charge on any atom is -0.340 e. The van der Waals surface area contributed by atoms with E-state index in [1.54, 1.807) is 11.7 Å². The van der Waals surface area contributed by atoms with E-state index in [1.807, 2.05) is 0 Å². The van der Waals surface area contributed by atoms with Crippen LogP contribution in [0.5, 0.6) is 0 Å². The molecule has 0 unspecified atom stereocenters. The number of hydrogen-bond donors (Lipinski definition) is 2. The van der Waals surface area contributed by atoms with Gasteiger partial charge in [0, 0.05) is 51.1 Å². The fourth-order valence-corrected chi connectivity index (χ4v) is 4.61. The molecule has 0 bridgehead atoms. The van der Waals surface area contributed by atoms with Crippen LogP contribution < -0.4 is 10.6 Å². The van der Waals surface area contributed by atoms with Gasteiger partial charge in [0.05, 0.1) is 28.9 Å². The van der Waals surface area contributed by atoms with Crippen LogP contribution in [-0.2, 0) is 19.5 Å². The van der Waals surface area contributed by atoms with Crippen molar-refractivity contribution in [3.05, 3.63) is 45.2 Å². The van der Waals surface area contributed by atoms with Crippen LogP contribution in [0.25, 0.3) is 0 Å². The molecule has 0 radical (unpaired) electrons. The minimum absolute atomic E-state index is 0.0916. The van der Waals surface area contributed by atoms with Gasteiger partial charge in [0.25, 0.3) is 12.3 Å². The molecule has 0 aliphatic carbocycles. The van der Waals surface area contributed by atoms with Crippen molar-refractivity contribution >= 4 is 33.6 Å². The molecule has 0 fully saturated rings. The van der Waals surface area contributed by atoms with E-state index in [9.17, 15) is 27.2 Å². The summed E-state index contributed by atoms with van der Waals surface area (Å²) in [7, 11) is 1.64. The molecule has 1 aromatic heterocycles. The van der Waals surface area contributed by atoms with Gasteiger partial charge in [0.1, 0.15) is 11.5 Å². The van der Waals surface area contributed by atoms with Crippen LogP contribution in [0.2, 0.25) is 0 Å². The van der Waals surface area contributed by atoms with Crippen LogP contribution in [0.3, 0.4) is 0 Å². The zero-order valence-electron chi connectivity index (χ0n) is 18.3. The van der Waals surface area contributed by atoms with Gasteiger partial charge in [0.15, 0.2) is 5.82 Å². The van der Waals surface area contributed by atoms with Crippen molar-refractivity contribution in [2.24, 2.45) is 5.92 Å². The van der Waals surface area contributed by atoms with E-state index in [2.05, 4.69) is 31.7 Å². The molecule has 3 amide bonds. The molecule has 34 heavy (non-hydrogen) atoms. The lowest BCUT2D eigenvalue weighted by molar-refractivity contribution is 0.0776. The summed E-state index contributed by atoms with van der Waals surface area (Å²) in [5.74, 6) is -2.09. The van der Waals surface area contributed by atoms with Crippen LogP contribution in [0.1, 0.15) is 21.7 Å². The number of nitrogens with one attached hydrogen (secondary N) is 2. The third-order valence-electron chi connectivity index (χ3n) is 5.91. The summed E-state index contributed by atoms with van der Waals surface area (Å²) in [5, 5.41) is 9.74. The number of nitrogens with zero attached hydrogens (tertiary/aromatic N) is 4. The number of carbonyl (C=O) groups excluding carboxylic acids is 2. The first-order chi connectivity index (χ1) is 16.2. The Labute approximate surface area is 201 Å². The van der Waals surface area contributed by atoms with Crippen molar-refractivity contribution in [3.8, 4) is 0 Å². The average Bonchev–Trinajstić information content (AvgIpc) is 3.09. The van der Waals surface area contributed by atoms with Crippen molar-refractivity contribution in [1.29, 1.82) is 0 Å². The average molecular weight is 547 g/mol. The van der Waals surface area contributed by atoms with E-state index >= 15 is 0 Å². The molecule has 4 rings (SSSR count). The van der Waals surface area contributed by atoms with Crippen LogP contribution >= 0.6 is 15.9 Å². The Hall–Kier alpha value is -2.67. The number of rotatable bonds is 5. The van der Waals surface area contributed by atoms with Crippen molar-refractivity contribution in [2.75, 3.05) is 38.5 Å². The molecule has 0 saturated carbocycles. The summed E-state index contributed by atoms with van der Waals surface area (Å²) in [6, 6.07) is 1.58. The lowest BCUT2D eigenvalue weighted by Crippen LogP contribution is -2.40. The van der Waals surface area contributed by atoms with E-state index in [4.69, 9.17) is 0 Å². The standard InChI is InChI=1S/C21H23BrF4N6O2/c1-30-8-11(6-27-7-16(24)25)9-32-19(20(30)33)12-10-31(5-4-14(12)29-32)21(34)28-15-3-2-13(23)17(22)18(15)26/h2-3,11,16,27H,4-10H2,1H3,(H,28,34)/t11-/m0/s1. The highest BCUT2D eigenvalue weighted by molar-refractivity contribution is 9.10. The number of amides is 3. The molecule has 0 saturated heterocycles. The third-order valence-corrected chi connectivity index (χ3v) is 6.64. The van der Waals surface area contributed by atoms with E-state index in [0.29, 0.717) is 49.6 Å². The molecule has 2 aliphatic rings. The number of benzene rings is 1. The first-order valence-corrected chi connectivity index (χ1v) is 11.5. The molecule has 3 heterocycles. The summed E-state index contributed by atoms with van der Waals surface area (Å²) in [5.41, 5.74) is 1.49. The first kappa shape index (κ1) is 24.5. The van der Waals surface area contributed by atoms with Crippen LogP contribution in [0, 0.1) is 17.6 Å². The molecule has 0 spiro atoms. The van der Waals surface area contributed by atoms with Crippen molar-refractivity contribution in [1.82, 2.24) is 24.9 Å². The maximum Gasteiger partial charge on any atom is 0.322 e. The second-order valence-electron chi connectivity index (χ2n) is 8.38. The van der Waals surface area contributed by atoms with E-state index < -0.39 is 30.6 Å². The summed E-state index contributed by atoms with van der Waals surface area (Å²) in [6.07, 6.45) is -2.07. The molecule has 184 valence electrons. The molecular weight excluding hydrogens is 524 g/mol. The topological polar surface area (TPSA) is 82.5 Å². The van der Waals surface area contributed by atoms with Gasteiger partial charge < -0.3 is 20.4 Å². The lowest BCUT2D eigenvalue weighted by Gasteiger charge is -2.27. The summed E-state index contributed by atoms with van der Waals surface area (Å²) in [4.78, 5) is 28.9. The highest BCUT2D eigenvalue weighted by Gasteiger charge is 2.35. The number of hydrogen-bond acceptors (Lipinski definition) is 4. The largest absolute Gasteiger partial charge is 0.340 e. The van der Waals surface area contributed by atoms with Crippen LogP contribution in [0.15, 0.2) is 16.6 Å².